The zero-order valence-electron chi connectivity index (χ0n) is 10.6. The Morgan fingerprint density at radius 1 is 1.00 bits per heavy atom. The Morgan fingerprint density at radius 2 is 1.64 bits per heavy atom. The molecule has 14 heavy (non-hydrogen) atoms. The highest BCUT2D eigenvalue weighted by atomic mass is 15.1. The van der Waals surface area contributed by atoms with E-state index in [1.54, 1.807) is 0 Å². The van der Waals surface area contributed by atoms with Crippen LogP contribution in [0.25, 0.3) is 0 Å². The third kappa shape index (κ3) is 5.61. The van der Waals surface area contributed by atoms with Crippen LogP contribution in [0.1, 0.15) is 53.9 Å². The Balaban J connectivity index is 3.96. The molecule has 2 nitrogen and oxygen atoms in total. The molecule has 2 heteroatoms. The average Bonchev–Trinajstić information content (AvgIpc) is 2.22. The van der Waals surface area contributed by atoms with Gasteiger partial charge in [-0.3, -0.25) is 5.32 Å². The maximum atomic E-state index is 3.64. The van der Waals surface area contributed by atoms with E-state index in [0.717, 1.165) is 6.54 Å². The quantitative estimate of drug-likeness (QED) is 0.589. The molecule has 0 saturated carbocycles. The molecule has 0 radical (unpaired) electrons. The summed E-state index contributed by atoms with van der Waals surface area (Å²) in [5.74, 6) is 0.704. The molecule has 0 aromatic rings. The third-order valence-corrected chi connectivity index (χ3v) is 2.90. The fraction of sp³-hybridized carbons (Fsp3) is 1.00. The largest absolute Gasteiger partial charge is 0.302 e. The van der Waals surface area contributed by atoms with E-state index in [4.69, 9.17) is 0 Å². The first-order valence-electron chi connectivity index (χ1n) is 6.15. The topological polar surface area (TPSA) is 24.1 Å². The molecular weight excluding hydrogens is 172 g/mol. The molecule has 3 atom stereocenters. The predicted octanol–water partition coefficient (Wildman–Crippen LogP) is 2.75. The molecule has 0 bridgehead atoms. The standard InChI is InChI=1S/C12H28N2/c1-6-9-13-12(10(4)7-2)14-11(5)8-3/h10-14H,6-9H2,1-5H3. The average molecular weight is 200 g/mol. The molecule has 0 rings (SSSR count). The zero-order valence-corrected chi connectivity index (χ0v) is 10.6. The highest BCUT2D eigenvalue weighted by Gasteiger charge is 2.15. The van der Waals surface area contributed by atoms with Gasteiger partial charge in [0.1, 0.15) is 0 Å². The summed E-state index contributed by atoms with van der Waals surface area (Å²) in [7, 11) is 0. The number of rotatable bonds is 8. The Kier molecular flexibility index (Phi) is 8.20. The van der Waals surface area contributed by atoms with Crippen molar-refractivity contribution < 1.29 is 0 Å². The van der Waals surface area contributed by atoms with Crippen molar-refractivity contribution in [2.75, 3.05) is 6.54 Å². The van der Waals surface area contributed by atoms with Gasteiger partial charge >= 0.3 is 0 Å². The minimum Gasteiger partial charge on any atom is -0.302 e. The molecule has 0 heterocycles. The summed E-state index contributed by atoms with van der Waals surface area (Å²) in [4.78, 5) is 0. The van der Waals surface area contributed by atoms with Gasteiger partial charge < -0.3 is 5.32 Å². The number of hydrogen-bond acceptors (Lipinski definition) is 2. The molecule has 0 fully saturated rings. The lowest BCUT2D eigenvalue weighted by Gasteiger charge is -2.28. The SMILES string of the molecule is CCCNC(NC(C)CC)C(C)CC. The summed E-state index contributed by atoms with van der Waals surface area (Å²) < 4.78 is 0. The minimum atomic E-state index is 0.481. The first kappa shape index (κ1) is 13.9. The summed E-state index contributed by atoms with van der Waals surface area (Å²) in [5.41, 5.74) is 0. The maximum absolute atomic E-state index is 3.64. The smallest absolute Gasteiger partial charge is 0.0599 e. The Morgan fingerprint density at radius 3 is 2.07 bits per heavy atom. The van der Waals surface area contributed by atoms with Crippen LogP contribution in [0.15, 0.2) is 0 Å². The Labute approximate surface area is 89.9 Å². The van der Waals surface area contributed by atoms with Crippen LogP contribution in [-0.4, -0.2) is 18.8 Å². The van der Waals surface area contributed by atoms with Crippen LogP contribution < -0.4 is 10.6 Å². The zero-order chi connectivity index (χ0) is 11.0. The van der Waals surface area contributed by atoms with Gasteiger partial charge in [0.15, 0.2) is 0 Å². The van der Waals surface area contributed by atoms with Gasteiger partial charge in [-0.05, 0) is 32.2 Å². The van der Waals surface area contributed by atoms with Gasteiger partial charge in [0.05, 0.1) is 6.17 Å². The molecular formula is C12H28N2. The molecule has 0 aliphatic heterocycles. The first-order chi connectivity index (χ1) is 6.65. The van der Waals surface area contributed by atoms with Crippen LogP contribution in [0.2, 0.25) is 0 Å². The fourth-order valence-corrected chi connectivity index (χ4v) is 1.38. The van der Waals surface area contributed by atoms with Crippen LogP contribution in [-0.2, 0) is 0 Å². The second kappa shape index (κ2) is 8.25. The van der Waals surface area contributed by atoms with Crippen LogP contribution in [0.3, 0.4) is 0 Å². The van der Waals surface area contributed by atoms with Crippen molar-refractivity contribution in [3.63, 3.8) is 0 Å². The Hall–Kier alpha value is -0.0800. The molecule has 0 saturated heterocycles. The van der Waals surface area contributed by atoms with Crippen molar-refractivity contribution >= 4 is 0 Å². The second-order valence-electron chi connectivity index (χ2n) is 4.29. The lowest BCUT2D eigenvalue weighted by Crippen LogP contribution is -2.50. The van der Waals surface area contributed by atoms with E-state index in [1.165, 1.54) is 19.3 Å². The molecule has 0 aliphatic rings. The summed E-state index contributed by atoms with van der Waals surface area (Å²) in [6, 6.07) is 0.610. The van der Waals surface area contributed by atoms with Gasteiger partial charge in [0, 0.05) is 6.04 Å². The summed E-state index contributed by atoms with van der Waals surface area (Å²) in [6.07, 6.45) is 4.11. The molecule has 0 aromatic carbocycles. The highest BCUT2D eigenvalue weighted by molar-refractivity contribution is 4.73. The summed E-state index contributed by atoms with van der Waals surface area (Å²) in [5, 5.41) is 7.22. The summed E-state index contributed by atoms with van der Waals surface area (Å²) >= 11 is 0. The van der Waals surface area contributed by atoms with Crippen molar-refractivity contribution in [3.05, 3.63) is 0 Å². The molecule has 0 spiro atoms. The van der Waals surface area contributed by atoms with Gasteiger partial charge in [-0.1, -0.05) is 34.1 Å². The van der Waals surface area contributed by atoms with Crippen molar-refractivity contribution in [2.45, 2.75) is 66.1 Å². The van der Waals surface area contributed by atoms with E-state index in [-0.39, 0.29) is 0 Å². The highest BCUT2D eigenvalue weighted by Crippen LogP contribution is 2.06. The van der Waals surface area contributed by atoms with Gasteiger partial charge in [-0.15, -0.1) is 0 Å². The third-order valence-electron chi connectivity index (χ3n) is 2.90. The van der Waals surface area contributed by atoms with Crippen LogP contribution in [0.4, 0.5) is 0 Å². The van der Waals surface area contributed by atoms with Gasteiger partial charge in [0.25, 0.3) is 0 Å². The van der Waals surface area contributed by atoms with Crippen molar-refractivity contribution in [1.29, 1.82) is 0 Å². The second-order valence-corrected chi connectivity index (χ2v) is 4.29. The number of hydrogen-bond donors (Lipinski definition) is 2. The molecule has 0 aliphatic carbocycles. The molecule has 0 amide bonds. The van der Waals surface area contributed by atoms with Crippen molar-refractivity contribution in [3.8, 4) is 0 Å². The normalized spacial score (nSPS) is 17.8. The van der Waals surface area contributed by atoms with Crippen molar-refractivity contribution in [2.24, 2.45) is 5.92 Å². The van der Waals surface area contributed by atoms with Gasteiger partial charge in [-0.25, -0.2) is 0 Å². The van der Waals surface area contributed by atoms with Gasteiger partial charge in [0.2, 0.25) is 0 Å². The molecule has 3 unspecified atom stereocenters. The van der Waals surface area contributed by atoms with Crippen LogP contribution in [0, 0.1) is 5.92 Å². The molecule has 0 aromatic heterocycles. The van der Waals surface area contributed by atoms with E-state index in [1.807, 2.05) is 0 Å². The van der Waals surface area contributed by atoms with E-state index in [0.29, 0.717) is 18.1 Å². The summed E-state index contributed by atoms with van der Waals surface area (Å²) in [6.45, 7) is 12.4. The Bertz CT molecular complexity index is 125. The van der Waals surface area contributed by atoms with E-state index < -0.39 is 0 Å². The number of nitrogens with one attached hydrogen (secondary N) is 2. The fourth-order valence-electron chi connectivity index (χ4n) is 1.38. The van der Waals surface area contributed by atoms with E-state index in [9.17, 15) is 0 Å². The molecule has 86 valence electrons. The lowest BCUT2D eigenvalue weighted by molar-refractivity contribution is 0.283. The van der Waals surface area contributed by atoms with E-state index in [2.05, 4.69) is 45.3 Å². The molecule has 2 N–H and O–H groups in total. The minimum absolute atomic E-state index is 0.481. The maximum Gasteiger partial charge on any atom is 0.0599 e. The van der Waals surface area contributed by atoms with Crippen molar-refractivity contribution in [1.82, 2.24) is 10.6 Å². The van der Waals surface area contributed by atoms with Crippen LogP contribution >= 0.6 is 0 Å². The van der Waals surface area contributed by atoms with E-state index >= 15 is 0 Å². The van der Waals surface area contributed by atoms with Crippen LogP contribution in [0.5, 0.6) is 0 Å². The van der Waals surface area contributed by atoms with Gasteiger partial charge in [-0.2, -0.15) is 0 Å². The first-order valence-corrected chi connectivity index (χ1v) is 6.15. The monoisotopic (exact) mass is 200 g/mol. The lowest BCUT2D eigenvalue weighted by atomic mass is 10.0. The predicted molar refractivity (Wildman–Crippen MR) is 64.4 cm³/mol.